The third kappa shape index (κ3) is 12.8. The van der Waals surface area contributed by atoms with Gasteiger partial charge in [-0.25, -0.2) is 4.98 Å². The lowest BCUT2D eigenvalue weighted by Gasteiger charge is -2.33. The summed E-state index contributed by atoms with van der Waals surface area (Å²) in [6, 6.07) is 9.13. The number of amides is 1. The predicted octanol–water partition coefficient (Wildman–Crippen LogP) is 6.67. The van der Waals surface area contributed by atoms with Crippen LogP contribution in [0.4, 0.5) is 11.8 Å². The van der Waals surface area contributed by atoms with Crippen LogP contribution in [0.2, 0.25) is 0 Å². The number of unbranched alkanes of at least 4 members (excludes halogenated alkanes) is 6. The van der Waals surface area contributed by atoms with Crippen molar-refractivity contribution in [2.45, 2.75) is 141 Å². The highest BCUT2D eigenvalue weighted by atomic mass is 16.2. The van der Waals surface area contributed by atoms with Crippen molar-refractivity contribution >= 4 is 28.6 Å². The van der Waals surface area contributed by atoms with E-state index in [1.807, 2.05) is 29.1 Å². The molecule has 0 bridgehead atoms. The predicted molar refractivity (Wildman–Crippen MR) is 200 cm³/mol. The molecule has 2 aliphatic rings. The molecule has 1 saturated heterocycles. The number of carbonyl (C=O) groups is 1. The number of piperidine rings is 1. The van der Waals surface area contributed by atoms with Crippen molar-refractivity contribution in [3.63, 3.8) is 0 Å². The minimum atomic E-state index is 0.265. The van der Waals surface area contributed by atoms with E-state index in [9.17, 15) is 4.79 Å². The molecule has 0 unspecified atom stereocenters. The second-order valence-electron chi connectivity index (χ2n) is 14.2. The number of anilines is 2. The Kier molecular flexibility index (Phi) is 15.9. The SMILES string of the molecule is CCCCCCCCCC(=O)N1CCC(Nc2nc(NCc3cn(CCCNCCCNC4CCCCC4)nn3)nc3ccccc23)CC1. The fourth-order valence-corrected chi connectivity index (χ4v) is 7.14. The fourth-order valence-electron chi connectivity index (χ4n) is 7.14. The third-order valence-corrected chi connectivity index (χ3v) is 10.1. The van der Waals surface area contributed by atoms with Crippen molar-refractivity contribution in [2.75, 3.05) is 43.4 Å². The lowest BCUT2D eigenvalue weighted by atomic mass is 9.95. The summed E-state index contributed by atoms with van der Waals surface area (Å²) in [4.78, 5) is 24.5. The number of fused-ring (bicyclic) bond motifs is 1. The van der Waals surface area contributed by atoms with Crippen LogP contribution < -0.4 is 21.3 Å². The molecule has 1 saturated carbocycles. The van der Waals surface area contributed by atoms with E-state index in [1.54, 1.807) is 0 Å². The molecule has 0 spiro atoms. The Labute approximate surface area is 294 Å². The molecule has 0 atom stereocenters. The Morgan fingerprint density at radius 3 is 2.45 bits per heavy atom. The molecular weight excluding hydrogens is 612 g/mol. The number of nitrogens with one attached hydrogen (secondary N) is 4. The number of carbonyl (C=O) groups excluding carboxylic acids is 1. The normalized spacial score (nSPS) is 16.0. The van der Waals surface area contributed by atoms with Crippen LogP contribution >= 0.6 is 0 Å². The summed E-state index contributed by atoms with van der Waals surface area (Å²) in [6.45, 7) is 8.31. The van der Waals surface area contributed by atoms with Crippen molar-refractivity contribution in [1.29, 1.82) is 0 Å². The minimum absolute atomic E-state index is 0.265. The van der Waals surface area contributed by atoms with Gasteiger partial charge in [-0.1, -0.05) is 82.1 Å². The number of aryl methyl sites for hydroxylation is 1. The van der Waals surface area contributed by atoms with Crippen LogP contribution in [0.5, 0.6) is 0 Å². The van der Waals surface area contributed by atoms with Crippen LogP contribution in [0, 0.1) is 0 Å². The number of rotatable bonds is 22. The first-order valence-corrected chi connectivity index (χ1v) is 19.6. The van der Waals surface area contributed by atoms with Gasteiger partial charge in [0.15, 0.2) is 0 Å². The fraction of sp³-hybridized carbons (Fsp3) is 0.711. The quantitative estimate of drug-likeness (QED) is 0.0865. The standard InChI is InChI=1S/C38H62N10O/c1-2-3-4-5-6-7-11-20-36(49)47-27-21-32(22-28-47)42-37-34-18-12-13-19-35(34)43-38(44-37)41-29-33-30-48(46-45-33)26-15-24-39-23-14-25-40-31-16-9-8-10-17-31/h12-13,18-19,30-32,39-40H,2-11,14-17,20-29H2,1H3,(H2,41,42,43,44). The molecule has 4 N–H and O–H groups in total. The number of benzene rings is 1. The van der Waals surface area contributed by atoms with Crippen molar-refractivity contribution in [3.05, 3.63) is 36.2 Å². The molecule has 1 aliphatic carbocycles. The molecule has 3 heterocycles. The van der Waals surface area contributed by atoms with E-state index in [-0.39, 0.29) is 6.04 Å². The summed E-state index contributed by atoms with van der Waals surface area (Å²) >= 11 is 0. The van der Waals surface area contributed by atoms with E-state index >= 15 is 0 Å². The number of hydrogen-bond acceptors (Lipinski definition) is 9. The van der Waals surface area contributed by atoms with Gasteiger partial charge in [0.1, 0.15) is 11.5 Å². The van der Waals surface area contributed by atoms with Gasteiger partial charge in [0.05, 0.1) is 18.3 Å². The van der Waals surface area contributed by atoms with E-state index < -0.39 is 0 Å². The highest BCUT2D eigenvalue weighted by Crippen LogP contribution is 2.25. The molecule has 5 rings (SSSR count). The maximum absolute atomic E-state index is 12.8. The average Bonchev–Trinajstić information content (AvgIpc) is 3.60. The van der Waals surface area contributed by atoms with Gasteiger partial charge in [0.2, 0.25) is 11.9 Å². The molecule has 2 aromatic heterocycles. The van der Waals surface area contributed by atoms with Gasteiger partial charge in [0.25, 0.3) is 0 Å². The first kappa shape index (κ1) is 37.0. The third-order valence-electron chi connectivity index (χ3n) is 10.1. The van der Waals surface area contributed by atoms with Gasteiger partial charge in [-0.05, 0) is 76.7 Å². The van der Waals surface area contributed by atoms with Crippen molar-refractivity contribution in [2.24, 2.45) is 0 Å². The molecule has 1 aromatic carbocycles. The van der Waals surface area contributed by atoms with E-state index in [4.69, 9.17) is 9.97 Å². The van der Waals surface area contributed by atoms with Crippen molar-refractivity contribution in [3.8, 4) is 0 Å². The van der Waals surface area contributed by atoms with Gasteiger partial charge in [-0.15, -0.1) is 5.10 Å². The summed E-state index contributed by atoms with van der Waals surface area (Å²) in [5, 5.41) is 24.1. The molecule has 11 heteroatoms. The van der Waals surface area contributed by atoms with Crippen LogP contribution in [-0.2, 0) is 17.9 Å². The number of aromatic nitrogens is 5. The zero-order valence-electron chi connectivity index (χ0n) is 30.1. The molecule has 2 fully saturated rings. The maximum atomic E-state index is 12.8. The summed E-state index contributed by atoms with van der Waals surface area (Å²) in [6.07, 6.45) is 22.2. The van der Waals surface area contributed by atoms with E-state index in [2.05, 4.69) is 49.5 Å². The lowest BCUT2D eigenvalue weighted by Crippen LogP contribution is -2.42. The van der Waals surface area contributed by atoms with Crippen LogP contribution in [-0.4, -0.2) is 80.6 Å². The monoisotopic (exact) mass is 675 g/mol. The highest BCUT2D eigenvalue weighted by Gasteiger charge is 2.23. The number of likely N-dealkylation sites (tertiary alicyclic amines) is 1. The second kappa shape index (κ2) is 21.0. The van der Waals surface area contributed by atoms with Gasteiger partial charge in [0, 0.05) is 43.5 Å². The largest absolute Gasteiger partial charge is 0.367 e. The average molecular weight is 675 g/mol. The zero-order chi connectivity index (χ0) is 33.9. The van der Waals surface area contributed by atoms with Gasteiger partial charge >= 0.3 is 0 Å². The molecule has 49 heavy (non-hydrogen) atoms. The molecule has 0 radical (unpaired) electrons. The maximum Gasteiger partial charge on any atom is 0.225 e. The molecule has 270 valence electrons. The summed E-state index contributed by atoms with van der Waals surface area (Å²) in [5.41, 5.74) is 1.76. The molecule has 11 nitrogen and oxygen atoms in total. The highest BCUT2D eigenvalue weighted by molar-refractivity contribution is 5.90. The minimum Gasteiger partial charge on any atom is -0.367 e. The van der Waals surface area contributed by atoms with Crippen LogP contribution in [0.15, 0.2) is 30.5 Å². The first-order valence-electron chi connectivity index (χ1n) is 19.6. The zero-order valence-corrected chi connectivity index (χ0v) is 30.1. The van der Waals surface area contributed by atoms with Gasteiger partial charge in [-0.2, -0.15) is 4.98 Å². The summed E-state index contributed by atoms with van der Waals surface area (Å²) in [5.74, 6) is 1.72. The Morgan fingerprint density at radius 2 is 1.61 bits per heavy atom. The first-order chi connectivity index (χ1) is 24.2. The van der Waals surface area contributed by atoms with E-state index in [0.717, 1.165) is 93.4 Å². The summed E-state index contributed by atoms with van der Waals surface area (Å²) < 4.78 is 1.92. The number of para-hydroxylation sites is 1. The van der Waals surface area contributed by atoms with Crippen LogP contribution in [0.3, 0.4) is 0 Å². The number of nitrogens with zero attached hydrogens (tertiary/aromatic N) is 6. The topological polar surface area (TPSA) is 125 Å². The Hall–Kier alpha value is -3.31. The van der Waals surface area contributed by atoms with Crippen molar-refractivity contribution in [1.82, 2.24) is 40.5 Å². The Bertz CT molecular complexity index is 1370. The smallest absolute Gasteiger partial charge is 0.225 e. The van der Waals surface area contributed by atoms with Gasteiger partial charge < -0.3 is 26.2 Å². The van der Waals surface area contributed by atoms with Crippen LogP contribution in [0.25, 0.3) is 10.9 Å². The van der Waals surface area contributed by atoms with Crippen LogP contribution in [0.1, 0.15) is 122 Å². The lowest BCUT2D eigenvalue weighted by molar-refractivity contribution is -0.132. The Balaban J connectivity index is 1.00. The summed E-state index contributed by atoms with van der Waals surface area (Å²) in [7, 11) is 0. The number of hydrogen-bond donors (Lipinski definition) is 4. The second-order valence-corrected chi connectivity index (χ2v) is 14.2. The van der Waals surface area contributed by atoms with Crippen molar-refractivity contribution < 1.29 is 4.79 Å². The molecule has 1 aliphatic heterocycles. The van der Waals surface area contributed by atoms with E-state index in [1.165, 1.54) is 77.0 Å². The Morgan fingerprint density at radius 1 is 0.837 bits per heavy atom. The molecule has 3 aromatic rings. The molecule has 1 amide bonds. The van der Waals surface area contributed by atoms with E-state index in [0.29, 0.717) is 24.8 Å². The molecular formula is C38H62N10O. The van der Waals surface area contributed by atoms with Gasteiger partial charge in [-0.3, -0.25) is 9.48 Å².